The molecule has 6 unspecified atom stereocenters. The van der Waals surface area contributed by atoms with E-state index >= 15 is 0 Å². The van der Waals surface area contributed by atoms with Crippen LogP contribution in [0, 0.1) is 17.3 Å². The van der Waals surface area contributed by atoms with Gasteiger partial charge in [-0.25, -0.2) is 9.80 Å². The molecule has 5 rings (SSSR count). The highest BCUT2D eigenvalue weighted by atomic mass is 16.7. The molecule has 3 heterocycles. The van der Waals surface area contributed by atoms with Crippen LogP contribution in [0.25, 0.3) is 11.3 Å². The highest BCUT2D eigenvalue weighted by Crippen LogP contribution is 2.33. The van der Waals surface area contributed by atoms with Crippen LogP contribution >= 0.6 is 0 Å². The SMILES string of the molecule is COC(=O)C(C(=O)NC(Cc1ccccc1)C(O)CN(Cc1ccc(-c2ccccn2)cc1)NC(=O)OC1COC2OCCC12)C(C)(C)C. The molecular weight excluding hydrogens is 628 g/mol. The number of carbonyl (C=O) groups excluding carboxylic acids is 3. The van der Waals surface area contributed by atoms with Crippen LogP contribution in [0.4, 0.5) is 4.79 Å². The molecule has 6 atom stereocenters. The average molecular weight is 675 g/mol. The van der Waals surface area contributed by atoms with Crippen LogP contribution in [-0.4, -0.2) is 84.5 Å². The van der Waals surface area contributed by atoms with Crippen LogP contribution in [-0.2, 0) is 41.5 Å². The Kier molecular flexibility index (Phi) is 12.0. The highest BCUT2D eigenvalue weighted by molar-refractivity contribution is 5.98. The van der Waals surface area contributed by atoms with Crippen molar-refractivity contribution in [2.24, 2.45) is 17.3 Å². The minimum absolute atomic E-state index is 0.0417. The van der Waals surface area contributed by atoms with Gasteiger partial charge in [-0.1, -0.05) is 81.4 Å². The summed E-state index contributed by atoms with van der Waals surface area (Å²) in [5.41, 5.74) is 5.55. The molecule has 2 fully saturated rings. The van der Waals surface area contributed by atoms with Gasteiger partial charge in [0.15, 0.2) is 6.29 Å². The Balaban J connectivity index is 1.35. The summed E-state index contributed by atoms with van der Waals surface area (Å²) in [5, 5.41) is 16.2. The predicted molar refractivity (Wildman–Crippen MR) is 180 cm³/mol. The number of aromatic nitrogens is 1. The van der Waals surface area contributed by atoms with Crippen molar-refractivity contribution in [3.8, 4) is 11.3 Å². The molecule has 3 N–H and O–H groups in total. The molecule has 2 aromatic carbocycles. The van der Waals surface area contributed by atoms with Gasteiger partial charge < -0.3 is 29.4 Å². The van der Waals surface area contributed by atoms with Gasteiger partial charge >= 0.3 is 12.1 Å². The molecule has 0 saturated carbocycles. The Bertz CT molecular complexity index is 1530. The third-order valence-electron chi connectivity index (χ3n) is 8.84. The number of esters is 1. The van der Waals surface area contributed by atoms with Crippen molar-refractivity contribution in [1.82, 2.24) is 20.7 Å². The summed E-state index contributed by atoms with van der Waals surface area (Å²) in [4.78, 5) is 44.0. The normalized spacial score (nSPS) is 20.6. The van der Waals surface area contributed by atoms with E-state index in [0.717, 1.165) is 28.8 Å². The summed E-state index contributed by atoms with van der Waals surface area (Å²) in [6.45, 7) is 6.26. The lowest BCUT2D eigenvalue weighted by molar-refractivity contribution is -0.155. The quantitative estimate of drug-likeness (QED) is 0.139. The summed E-state index contributed by atoms with van der Waals surface area (Å²) in [6.07, 6.45) is 0.0170. The maximum absolute atomic E-state index is 13.6. The lowest BCUT2D eigenvalue weighted by atomic mass is 9.80. The Morgan fingerprint density at radius 2 is 1.73 bits per heavy atom. The first-order valence-electron chi connectivity index (χ1n) is 16.6. The van der Waals surface area contributed by atoms with Gasteiger partial charge in [0, 0.05) is 24.8 Å². The molecule has 1 aromatic heterocycles. The number of hydrogen-bond acceptors (Lipinski definition) is 10. The molecule has 0 spiro atoms. The van der Waals surface area contributed by atoms with Gasteiger partial charge in [0.25, 0.3) is 0 Å². The summed E-state index contributed by atoms with van der Waals surface area (Å²) in [6, 6.07) is 22.0. The lowest BCUT2D eigenvalue weighted by Gasteiger charge is -2.33. The van der Waals surface area contributed by atoms with Crippen molar-refractivity contribution in [3.05, 3.63) is 90.1 Å². The molecule has 0 bridgehead atoms. The van der Waals surface area contributed by atoms with Crippen molar-refractivity contribution < 1.29 is 38.4 Å². The standard InChI is InChI=1S/C37H46N4O8/c1-37(2,3)32(34(44)46-4)33(43)39-29(20-24-10-6-5-7-11-24)30(42)22-41(40-36(45)49-31-23-48-35-27(31)17-19-47-35)21-25-13-15-26(16-14-25)28-12-8-9-18-38-28/h5-16,18,27,29-32,35,42H,17,19-23H2,1-4H3,(H,39,43)(H,40,45). The fraction of sp³-hybridized carbons (Fsp3) is 0.459. The highest BCUT2D eigenvalue weighted by Gasteiger charge is 2.44. The Morgan fingerprint density at radius 1 is 1.00 bits per heavy atom. The van der Waals surface area contributed by atoms with Gasteiger partial charge in [0.1, 0.15) is 12.0 Å². The van der Waals surface area contributed by atoms with Crippen LogP contribution < -0.4 is 10.7 Å². The van der Waals surface area contributed by atoms with E-state index in [1.807, 2.05) is 72.8 Å². The van der Waals surface area contributed by atoms with Gasteiger partial charge in [-0.15, -0.1) is 0 Å². The van der Waals surface area contributed by atoms with Crippen molar-refractivity contribution in [3.63, 3.8) is 0 Å². The second-order valence-corrected chi connectivity index (χ2v) is 13.6. The van der Waals surface area contributed by atoms with Crippen molar-refractivity contribution in [1.29, 1.82) is 0 Å². The Hall–Kier alpha value is -4.36. The van der Waals surface area contributed by atoms with Crippen molar-refractivity contribution in [2.75, 3.05) is 26.9 Å². The zero-order valence-electron chi connectivity index (χ0n) is 28.4. The van der Waals surface area contributed by atoms with Crippen LogP contribution in [0.5, 0.6) is 0 Å². The number of amides is 2. The number of nitrogens with one attached hydrogen (secondary N) is 2. The van der Waals surface area contributed by atoms with E-state index in [1.165, 1.54) is 7.11 Å². The first-order valence-corrected chi connectivity index (χ1v) is 16.6. The van der Waals surface area contributed by atoms with E-state index < -0.39 is 47.6 Å². The van der Waals surface area contributed by atoms with Crippen LogP contribution in [0.1, 0.15) is 38.3 Å². The lowest BCUT2D eigenvalue weighted by Crippen LogP contribution is -2.55. The molecule has 3 aromatic rings. The fourth-order valence-corrected chi connectivity index (χ4v) is 6.27. The molecule has 0 aliphatic carbocycles. The zero-order valence-corrected chi connectivity index (χ0v) is 28.4. The van der Waals surface area contributed by atoms with E-state index in [1.54, 1.807) is 32.0 Å². The predicted octanol–water partition coefficient (Wildman–Crippen LogP) is 3.88. The number of aliphatic hydroxyl groups is 1. The number of carbonyl (C=O) groups is 3. The summed E-state index contributed by atoms with van der Waals surface area (Å²) in [7, 11) is 1.24. The van der Waals surface area contributed by atoms with Crippen LogP contribution in [0.15, 0.2) is 79.0 Å². The minimum Gasteiger partial charge on any atom is -0.468 e. The van der Waals surface area contributed by atoms with Gasteiger partial charge in [-0.3, -0.25) is 20.0 Å². The Labute approximate surface area is 287 Å². The number of benzene rings is 2. The molecule has 12 heteroatoms. The molecule has 2 saturated heterocycles. The number of hydrazine groups is 1. The van der Waals surface area contributed by atoms with E-state index in [0.29, 0.717) is 6.61 Å². The largest absolute Gasteiger partial charge is 0.468 e. The van der Waals surface area contributed by atoms with Gasteiger partial charge in [-0.2, -0.15) is 0 Å². The molecule has 2 amide bonds. The Morgan fingerprint density at radius 3 is 2.41 bits per heavy atom. The van der Waals surface area contributed by atoms with Gasteiger partial charge in [0.2, 0.25) is 5.91 Å². The number of aliphatic hydroxyl groups excluding tert-OH is 1. The van der Waals surface area contributed by atoms with E-state index in [9.17, 15) is 19.5 Å². The van der Waals surface area contributed by atoms with Gasteiger partial charge in [-0.05, 0) is 41.5 Å². The summed E-state index contributed by atoms with van der Waals surface area (Å²) in [5.74, 6) is -2.37. The molecule has 2 aliphatic heterocycles. The summed E-state index contributed by atoms with van der Waals surface area (Å²) >= 11 is 0. The van der Waals surface area contributed by atoms with Crippen molar-refractivity contribution >= 4 is 18.0 Å². The number of hydrogen-bond donors (Lipinski definition) is 3. The number of fused-ring (bicyclic) bond motifs is 1. The monoisotopic (exact) mass is 674 g/mol. The molecular formula is C37H46N4O8. The first-order chi connectivity index (χ1) is 23.5. The third-order valence-corrected chi connectivity index (χ3v) is 8.84. The zero-order chi connectivity index (χ0) is 35.0. The van der Waals surface area contributed by atoms with E-state index in [2.05, 4.69) is 15.7 Å². The minimum atomic E-state index is -1.18. The number of rotatable bonds is 13. The number of ether oxygens (including phenoxy) is 4. The molecule has 49 heavy (non-hydrogen) atoms. The molecule has 2 aliphatic rings. The van der Waals surface area contributed by atoms with E-state index in [4.69, 9.17) is 18.9 Å². The molecule has 262 valence electrons. The fourth-order valence-electron chi connectivity index (χ4n) is 6.27. The maximum atomic E-state index is 13.6. The smallest absolute Gasteiger partial charge is 0.422 e. The topological polar surface area (TPSA) is 149 Å². The average Bonchev–Trinajstić information content (AvgIpc) is 3.70. The molecule has 0 radical (unpaired) electrons. The number of nitrogens with zero attached hydrogens (tertiary/aromatic N) is 2. The van der Waals surface area contributed by atoms with Crippen LogP contribution in [0.2, 0.25) is 0 Å². The first kappa shape index (κ1) is 35.9. The molecule has 12 nitrogen and oxygen atoms in total. The number of pyridine rings is 1. The third kappa shape index (κ3) is 9.63. The second-order valence-electron chi connectivity index (χ2n) is 13.6. The number of methoxy groups -OCH3 is 1. The van der Waals surface area contributed by atoms with Gasteiger partial charge in [0.05, 0.1) is 44.1 Å². The van der Waals surface area contributed by atoms with Crippen molar-refractivity contribution in [2.45, 2.75) is 64.7 Å². The maximum Gasteiger partial charge on any atom is 0.422 e. The summed E-state index contributed by atoms with van der Waals surface area (Å²) < 4.78 is 21.9. The van der Waals surface area contributed by atoms with E-state index in [-0.39, 0.29) is 38.3 Å². The van der Waals surface area contributed by atoms with Crippen LogP contribution in [0.3, 0.4) is 0 Å². The second kappa shape index (κ2) is 16.4.